The van der Waals surface area contributed by atoms with Crippen molar-refractivity contribution in [2.45, 2.75) is 19.4 Å². The summed E-state index contributed by atoms with van der Waals surface area (Å²) in [4.78, 5) is 40.4. The highest BCUT2D eigenvalue weighted by atomic mass is 32.1. The maximum Gasteiger partial charge on any atom is 0.355 e. The first-order valence-corrected chi connectivity index (χ1v) is 7.14. The number of carbonyl (C=O) groups excluding carboxylic acids is 2. The lowest BCUT2D eigenvalue weighted by Gasteiger charge is -2.14. The predicted molar refractivity (Wildman–Crippen MR) is 70.0 cm³/mol. The van der Waals surface area contributed by atoms with Gasteiger partial charge < -0.3 is 5.11 Å². The number of imide groups is 1. The molecule has 0 aromatic carbocycles. The molecule has 0 bridgehead atoms. The quantitative estimate of drug-likeness (QED) is 0.670. The number of rotatable bonds is 3. The van der Waals surface area contributed by atoms with Crippen molar-refractivity contribution in [3.05, 3.63) is 28.2 Å². The van der Waals surface area contributed by atoms with Crippen LogP contribution in [0.4, 0.5) is 0 Å². The molecule has 6 nitrogen and oxygen atoms in total. The molecule has 2 unspecified atom stereocenters. The standard InChI is InChI=1S/C13H12N2O4S/c16-11-7-3-1-2-4-8(7)12(17)15(11)5-10-14-9(6-20-10)13(18)19/h1-2,6-8H,3-5H2,(H,18,19). The minimum absolute atomic E-state index is 0.0526. The largest absolute Gasteiger partial charge is 0.476 e. The fourth-order valence-corrected chi connectivity index (χ4v) is 3.40. The van der Waals surface area contributed by atoms with E-state index in [4.69, 9.17) is 5.11 Å². The third-order valence-corrected chi connectivity index (χ3v) is 4.50. The van der Waals surface area contributed by atoms with Crippen LogP contribution in [0.3, 0.4) is 0 Å². The number of carboxylic acids is 1. The molecule has 3 rings (SSSR count). The Morgan fingerprint density at radius 1 is 1.30 bits per heavy atom. The molecule has 0 spiro atoms. The highest BCUT2D eigenvalue weighted by Crippen LogP contribution is 2.35. The number of allylic oxidation sites excluding steroid dienone is 2. The van der Waals surface area contributed by atoms with Gasteiger partial charge in [-0.2, -0.15) is 0 Å². The van der Waals surface area contributed by atoms with Gasteiger partial charge >= 0.3 is 5.97 Å². The Bertz CT molecular complexity index is 596. The summed E-state index contributed by atoms with van der Waals surface area (Å²) in [5.74, 6) is -1.96. The molecule has 1 aliphatic heterocycles. The Balaban J connectivity index is 1.79. The van der Waals surface area contributed by atoms with Crippen LogP contribution in [0.2, 0.25) is 0 Å². The molecule has 0 saturated carbocycles. The molecule has 2 aliphatic rings. The zero-order chi connectivity index (χ0) is 14.3. The number of amides is 2. The van der Waals surface area contributed by atoms with E-state index in [-0.39, 0.29) is 35.9 Å². The third kappa shape index (κ3) is 2.03. The Morgan fingerprint density at radius 3 is 2.40 bits per heavy atom. The molecule has 20 heavy (non-hydrogen) atoms. The van der Waals surface area contributed by atoms with Crippen molar-refractivity contribution in [1.29, 1.82) is 0 Å². The van der Waals surface area contributed by atoms with E-state index in [1.165, 1.54) is 10.3 Å². The summed E-state index contributed by atoms with van der Waals surface area (Å²) in [6.45, 7) is 0.0720. The monoisotopic (exact) mass is 292 g/mol. The number of carbonyl (C=O) groups is 3. The predicted octanol–water partition coefficient (Wildman–Crippen LogP) is 1.29. The van der Waals surface area contributed by atoms with E-state index in [1.807, 2.05) is 12.2 Å². The Hall–Kier alpha value is -2.02. The van der Waals surface area contributed by atoms with Crippen LogP contribution in [0.25, 0.3) is 0 Å². The Morgan fingerprint density at radius 2 is 1.90 bits per heavy atom. The summed E-state index contributed by atoms with van der Waals surface area (Å²) in [5.41, 5.74) is -0.0526. The van der Waals surface area contributed by atoms with Gasteiger partial charge in [-0.3, -0.25) is 14.5 Å². The van der Waals surface area contributed by atoms with E-state index < -0.39 is 5.97 Å². The maximum atomic E-state index is 12.2. The highest BCUT2D eigenvalue weighted by Gasteiger charge is 2.47. The van der Waals surface area contributed by atoms with Gasteiger partial charge in [0.2, 0.25) is 11.8 Å². The molecule has 0 radical (unpaired) electrons. The smallest absolute Gasteiger partial charge is 0.355 e. The molecule has 1 aliphatic carbocycles. The highest BCUT2D eigenvalue weighted by molar-refractivity contribution is 7.09. The first-order valence-electron chi connectivity index (χ1n) is 6.26. The van der Waals surface area contributed by atoms with Gasteiger partial charge in [0.15, 0.2) is 5.69 Å². The molecule has 2 heterocycles. The molecule has 1 aromatic heterocycles. The number of carboxylic acid groups (broad SMARTS) is 1. The van der Waals surface area contributed by atoms with E-state index in [2.05, 4.69) is 4.98 Å². The van der Waals surface area contributed by atoms with E-state index in [0.717, 1.165) is 11.3 Å². The Labute approximate surface area is 118 Å². The van der Waals surface area contributed by atoms with Crippen molar-refractivity contribution < 1.29 is 19.5 Å². The average Bonchev–Trinajstić information content (AvgIpc) is 3.00. The normalized spacial score (nSPS) is 25.1. The number of hydrogen-bond acceptors (Lipinski definition) is 5. The van der Waals surface area contributed by atoms with Gasteiger partial charge in [0, 0.05) is 5.38 Å². The Kier molecular flexibility index (Phi) is 3.13. The van der Waals surface area contributed by atoms with Gasteiger partial charge in [0.05, 0.1) is 18.4 Å². The van der Waals surface area contributed by atoms with Crippen LogP contribution in [-0.2, 0) is 16.1 Å². The summed E-state index contributed by atoms with van der Waals surface area (Å²) < 4.78 is 0. The molecule has 2 atom stereocenters. The minimum atomic E-state index is -1.11. The molecule has 2 amide bonds. The van der Waals surface area contributed by atoms with Crippen molar-refractivity contribution in [2.75, 3.05) is 0 Å². The van der Waals surface area contributed by atoms with Gasteiger partial charge in [0.1, 0.15) is 5.01 Å². The topological polar surface area (TPSA) is 87.6 Å². The number of aromatic nitrogens is 1. The summed E-state index contributed by atoms with van der Waals surface area (Å²) in [5, 5.41) is 10.7. The second-order valence-electron chi connectivity index (χ2n) is 4.85. The molecule has 104 valence electrons. The summed E-state index contributed by atoms with van der Waals surface area (Å²) >= 11 is 1.15. The molecule has 1 N–H and O–H groups in total. The number of likely N-dealkylation sites (tertiary alicyclic amines) is 1. The van der Waals surface area contributed by atoms with Crippen LogP contribution in [0.5, 0.6) is 0 Å². The number of nitrogens with zero attached hydrogens (tertiary/aromatic N) is 2. The summed E-state index contributed by atoms with van der Waals surface area (Å²) in [7, 11) is 0. The van der Waals surface area contributed by atoms with Crippen molar-refractivity contribution in [2.24, 2.45) is 11.8 Å². The van der Waals surface area contributed by atoms with Crippen molar-refractivity contribution >= 4 is 29.1 Å². The van der Waals surface area contributed by atoms with Crippen LogP contribution >= 0.6 is 11.3 Å². The molecule has 1 aromatic rings. The molecule has 7 heteroatoms. The fraction of sp³-hybridized carbons (Fsp3) is 0.385. The average molecular weight is 292 g/mol. The number of fused-ring (bicyclic) bond motifs is 1. The van der Waals surface area contributed by atoms with E-state index >= 15 is 0 Å². The van der Waals surface area contributed by atoms with Gasteiger partial charge in [0.25, 0.3) is 0 Å². The van der Waals surface area contributed by atoms with Gasteiger partial charge in [-0.25, -0.2) is 9.78 Å². The molecule has 1 fully saturated rings. The van der Waals surface area contributed by atoms with Crippen LogP contribution in [0.1, 0.15) is 28.3 Å². The lowest BCUT2D eigenvalue weighted by Crippen LogP contribution is -2.30. The number of hydrogen-bond donors (Lipinski definition) is 1. The van der Waals surface area contributed by atoms with Crippen molar-refractivity contribution in [3.63, 3.8) is 0 Å². The molecule has 1 saturated heterocycles. The van der Waals surface area contributed by atoms with Crippen molar-refractivity contribution in [3.8, 4) is 0 Å². The SMILES string of the molecule is O=C(O)c1csc(CN2C(=O)C3CC=CCC3C2=O)n1. The van der Waals surface area contributed by atoms with Gasteiger partial charge in [-0.05, 0) is 12.8 Å². The number of thiazole rings is 1. The summed E-state index contributed by atoms with van der Waals surface area (Å²) in [6.07, 6.45) is 5.07. The maximum absolute atomic E-state index is 12.2. The lowest BCUT2D eigenvalue weighted by atomic mass is 9.85. The van der Waals surface area contributed by atoms with Gasteiger partial charge in [-0.15, -0.1) is 11.3 Å². The van der Waals surface area contributed by atoms with Crippen LogP contribution in [0.15, 0.2) is 17.5 Å². The first kappa shape index (κ1) is 13.0. The molecular weight excluding hydrogens is 280 g/mol. The zero-order valence-electron chi connectivity index (χ0n) is 10.5. The summed E-state index contributed by atoms with van der Waals surface area (Å²) in [6, 6.07) is 0. The molecular formula is C13H12N2O4S. The van der Waals surface area contributed by atoms with Gasteiger partial charge in [-0.1, -0.05) is 12.2 Å². The van der Waals surface area contributed by atoms with E-state index in [0.29, 0.717) is 17.8 Å². The van der Waals surface area contributed by atoms with Crippen LogP contribution in [0, 0.1) is 11.8 Å². The third-order valence-electron chi connectivity index (χ3n) is 3.66. The second-order valence-corrected chi connectivity index (χ2v) is 5.79. The minimum Gasteiger partial charge on any atom is -0.476 e. The lowest BCUT2D eigenvalue weighted by molar-refractivity contribution is -0.140. The second kappa shape index (κ2) is 4.82. The first-order chi connectivity index (χ1) is 9.58. The fourth-order valence-electron chi connectivity index (χ4n) is 2.64. The van der Waals surface area contributed by atoms with E-state index in [9.17, 15) is 14.4 Å². The van der Waals surface area contributed by atoms with E-state index in [1.54, 1.807) is 0 Å². The van der Waals surface area contributed by atoms with Crippen LogP contribution < -0.4 is 0 Å². The zero-order valence-corrected chi connectivity index (χ0v) is 11.3. The van der Waals surface area contributed by atoms with Crippen LogP contribution in [-0.4, -0.2) is 32.8 Å². The van der Waals surface area contributed by atoms with Crippen molar-refractivity contribution in [1.82, 2.24) is 9.88 Å². The number of aromatic carboxylic acids is 1.